The number of aliphatic hydroxyl groups is 4. The molecule has 0 fully saturated rings. The van der Waals surface area contributed by atoms with Crippen molar-refractivity contribution in [1.82, 2.24) is 9.80 Å². The number of hydrogen-bond acceptors (Lipinski definition) is 7. The molecule has 6 aromatic carbocycles. The van der Waals surface area contributed by atoms with Crippen LogP contribution in [0.15, 0.2) is 128 Å². The van der Waals surface area contributed by atoms with Crippen molar-refractivity contribution < 1.29 is 24.8 Å². The quantitative estimate of drug-likeness (QED) is 0.104. The van der Waals surface area contributed by atoms with Gasteiger partial charge in [-0.3, -0.25) is 0 Å². The summed E-state index contributed by atoms with van der Waals surface area (Å²) >= 11 is 3.84. The summed E-state index contributed by atoms with van der Waals surface area (Å²) in [5, 5.41) is 41.8. The van der Waals surface area contributed by atoms with E-state index < -0.39 is 0 Å². The molecule has 0 aliphatic carbocycles. The van der Waals surface area contributed by atoms with Gasteiger partial charge in [-0.15, -0.1) is 17.3 Å². The fraction of sp³-hybridized carbons (Fsp3) is 0.429. The number of rotatable bonds is 4. The summed E-state index contributed by atoms with van der Waals surface area (Å²) < 4.78 is 15.0. The molecule has 2 aliphatic rings. The van der Waals surface area contributed by atoms with Gasteiger partial charge >= 0.3 is 0 Å². The lowest BCUT2D eigenvalue weighted by molar-refractivity contribution is 0.278. The predicted molar refractivity (Wildman–Crippen MR) is 414 cm³/mol. The summed E-state index contributed by atoms with van der Waals surface area (Å²) in [6.07, 6.45) is 5.84. The Morgan fingerprint density at radius 2 is 0.925 bits per heavy atom. The second kappa shape index (κ2) is 34.0. The summed E-state index contributed by atoms with van der Waals surface area (Å²) in [7, 11) is 0. The van der Waals surface area contributed by atoms with E-state index in [1.165, 1.54) is 93.1 Å². The number of thiophene rings is 1. The first-order chi connectivity index (χ1) is 41.9. The van der Waals surface area contributed by atoms with E-state index in [-0.39, 0.29) is 79.8 Å². The molecule has 3 heterocycles. The third kappa shape index (κ3) is 22.5. The van der Waals surface area contributed by atoms with Gasteiger partial charge in [-0.2, -0.15) is 0 Å². The van der Waals surface area contributed by atoms with E-state index in [1.807, 2.05) is 56.2 Å². The molecule has 7 aromatic rings. The lowest BCUT2D eigenvalue weighted by Crippen LogP contribution is -2.36. The van der Waals surface area contributed by atoms with Crippen LogP contribution in [-0.4, -0.2) is 41.3 Å². The van der Waals surface area contributed by atoms with Gasteiger partial charge < -0.3 is 30.2 Å². The van der Waals surface area contributed by atoms with Crippen molar-refractivity contribution in [3.8, 4) is 11.8 Å². The predicted octanol–water partition coefficient (Wildman–Crippen LogP) is 22.7. The van der Waals surface area contributed by atoms with Crippen LogP contribution >= 0.6 is 33.9 Å². The summed E-state index contributed by atoms with van der Waals surface area (Å²) in [5.41, 5.74) is 21.8. The van der Waals surface area contributed by atoms with Gasteiger partial charge in [0.15, 0.2) is 0 Å². The van der Waals surface area contributed by atoms with Crippen LogP contribution in [0.3, 0.4) is 0 Å². The van der Waals surface area contributed by atoms with E-state index in [0.29, 0.717) is 5.56 Å². The molecule has 0 bridgehead atoms. The molecule has 0 saturated carbocycles. The fourth-order valence-corrected chi connectivity index (χ4v) is 12.4. The van der Waals surface area contributed by atoms with Gasteiger partial charge in [0.25, 0.3) is 0 Å². The Morgan fingerprint density at radius 1 is 0.495 bits per heavy atom. The summed E-state index contributed by atoms with van der Waals surface area (Å²) in [5.74, 6) is 5.80. The van der Waals surface area contributed by atoms with E-state index in [4.69, 9.17) is 0 Å². The molecule has 9 heteroatoms. The zero-order valence-electron chi connectivity index (χ0n) is 59.6. The SMILES string of the molecule is C.C.C=C1c2ccc(C)cc2C=CN1C(C)(C)C.C=C1c2sccc2C(F)=CN1C(C)(C)C.CC#Cc1cc(CO)c(C(C)(C)C)cc1C.CC(C)(C)c1cc2ccccc2cc1CO.Cc1cc(C(C)(C)C)c(CO)cc1I.Cc1cc(CO)c(C(C)(C)C)cc1C. The lowest BCUT2D eigenvalue weighted by Gasteiger charge is -2.38. The highest BCUT2D eigenvalue weighted by Gasteiger charge is 2.30. The van der Waals surface area contributed by atoms with Crippen molar-refractivity contribution in [2.75, 3.05) is 0 Å². The summed E-state index contributed by atoms with van der Waals surface area (Å²) in [6, 6.07) is 33.6. The number of hydrogen-bond donors (Lipinski definition) is 4. The molecule has 0 atom stereocenters. The van der Waals surface area contributed by atoms with Crippen LogP contribution in [0.4, 0.5) is 4.39 Å². The second-order valence-corrected chi connectivity index (χ2v) is 32.1. The smallest absolute Gasteiger partial charge is 0.148 e. The number of nitrogens with zero attached hydrogens (tertiary/aromatic N) is 2. The third-order valence-corrected chi connectivity index (χ3v) is 18.2. The summed E-state index contributed by atoms with van der Waals surface area (Å²) in [6.45, 7) is 59.8. The molecule has 93 heavy (non-hydrogen) atoms. The molecule has 0 spiro atoms. The van der Waals surface area contributed by atoms with Gasteiger partial charge in [0.05, 0.1) is 37.0 Å². The molecule has 0 amide bonds. The maximum atomic E-state index is 13.7. The van der Waals surface area contributed by atoms with Gasteiger partial charge in [-0.25, -0.2) is 4.39 Å². The van der Waals surface area contributed by atoms with Gasteiger partial charge in [-0.05, 0) is 246 Å². The largest absolute Gasteiger partial charge is 0.392 e. The Hall–Kier alpha value is -6.10. The molecule has 1 aromatic heterocycles. The molecule has 506 valence electrons. The van der Waals surface area contributed by atoms with E-state index in [2.05, 4.69) is 276 Å². The van der Waals surface area contributed by atoms with Gasteiger partial charge in [0, 0.05) is 49.4 Å². The first kappa shape index (κ1) is 83.0. The van der Waals surface area contributed by atoms with Crippen LogP contribution in [0, 0.1) is 50.0 Å². The number of halogens is 2. The average molecular weight is 1400 g/mol. The van der Waals surface area contributed by atoms with Crippen LogP contribution in [0.2, 0.25) is 0 Å². The Kier molecular flexibility index (Phi) is 30.4. The highest BCUT2D eigenvalue weighted by atomic mass is 127. The molecular weight excluding hydrogens is 1280 g/mol. The van der Waals surface area contributed by atoms with Gasteiger partial charge in [-0.1, -0.05) is 195 Å². The third-order valence-electron chi connectivity index (χ3n) is 16.1. The van der Waals surface area contributed by atoms with Crippen molar-refractivity contribution in [2.24, 2.45) is 0 Å². The minimum atomic E-state index is -0.173. The van der Waals surface area contributed by atoms with Crippen molar-refractivity contribution >= 4 is 68.0 Å². The van der Waals surface area contributed by atoms with Crippen LogP contribution in [0.5, 0.6) is 0 Å². The monoisotopic (exact) mass is 1390 g/mol. The number of fused-ring (bicyclic) bond motifs is 3. The Bertz CT molecular complexity index is 3740. The Balaban J connectivity index is 0.000000379. The Labute approximate surface area is 581 Å². The van der Waals surface area contributed by atoms with Crippen LogP contribution in [0.1, 0.15) is 246 Å². The normalized spacial score (nSPS) is 12.8. The van der Waals surface area contributed by atoms with Gasteiger partial charge in [0.2, 0.25) is 0 Å². The Morgan fingerprint density at radius 3 is 1.40 bits per heavy atom. The lowest BCUT2D eigenvalue weighted by atomic mass is 9.82. The maximum absolute atomic E-state index is 13.7. The minimum Gasteiger partial charge on any atom is -0.392 e. The first-order valence-electron chi connectivity index (χ1n) is 31.6. The molecule has 0 unspecified atom stereocenters. The average Bonchev–Trinajstić information content (AvgIpc) is 1.79. The molecule has 0 radical (unpaired) electrons. The van der Waals surface area contributed by atoms with E-state index in [9.17, 15) is 24.8 Å². The van der Waals surface area contributed by atoms with Crippen LogP contribution in [0.25, 0.3) is 34.1 Å². The highest BCUT2D eigenvalue weighted by Crippen LogP contribution is 2.41. The minimum absolute atomic E-state index is 0. The zero-order valence-corrected chi connectivity index (χ0v) is 62.6. The molecule has 2 aliphatic heterocycles. The van der Waals surface area contributed by atoms with Crippen LogP contribution < -0.4 is 0 Å². The number of aliphatic hydroxyl groups excluding tert-OH is 4. The van der Waals surface area contributed by atoms with Gasteiger partial charge in [0.1, 0.15) is 5.83 Å². The van der Waals surface area contributed by atoms with E-state index >= 15 is 0 Å². The second-order valence-electron chi connectivity index (χ2n) is 30.1. The van der Waals surface area contributed by atoms with Crippen LogP contribution in [-0.2, 0) is 48.1 Å². The summed E-state index contributed by atoms with van der Waals surface area (Å²) in [4.78, 5) is 5.05. The zero-order chi connectivity index (χ0) is 69.1. The van der Waals surface area contributed by atoms with Crippen molar-refractivity contribution in [3.05, 3.63) is 231 Å². The van der Waals surface area contributed by atoms with E-state index in [0.717, 1.165) is 44.1 Å². The number of aryl methyl sites for hydroxylation is 5. The molecule has 9 rings (SSSR count). The molecule has 6 nitrogen and oxygen atoms in total. The molecule has 0 saturated heterocycles. The molecule has 4 N–H and O–H groups in total. The fourth-order valence-electron chi connectivity index (χ4n) is 11.0. The first-order valence-corrected chi connectivity index (χ1v) is 33.5. The van der Waals surface area contributed by atoms with Crippen molar-refractivity contribution in [2.45, 2.75) is 240 Å². The van der Waals surface area contributed by atoms with Crippen molar-refractivity contribution in [3.63, 3.8) is 0 Å². The number of benzene rings is 6. The van der Waals surface area contributed by atoms with Crippen molar-refractivity contribution in [1.29, 1.82) is 0 Å². The highest BCUT2D eigenvalue weighted by molar-refractivity contribution is 14.1. The maximum Gasteiger partial charge on any atom is 0.148 e. The topological polar surface area (TPSA) is 87.4 Å². The standard InChI is InChI=1S/C15H19N.C15H18O.C15H20O.C13H20O.C12H14FNS.C12H17IO.2CH4/c1-11-6-7-14-12(2)16(15(3,4)5)9-8-13(14)10-11;1-15(2,3)14-9-12-7-5-4-6-11(12)8-13(14)10-16;1-6-7-12-9-13(10-16)14(8-11(12)2)15(3,4)5;1-9-6-11(8-14)12(7-10(9)2)13(3,4)5;1-8-11-9(5-6-15-11)10(13)7-14(8)12(2,3)4;1-8-5-10(12(2,3)4)9(7-14)6-11(8)13;;/h6-10H,2H2,1,3-5H3;4-9,16H,10H2,1-3H3;8-9,16H,10H2,1-5H3;6-7,14H,8H2,1-5H3;5-7H,1H2,2-4H3;5-6,14H,7H2,1-4H3;2*1H4. The molecular formula is C84H116FIN2O4S. The van der Waals surface area contributed by atoms with E-state index in [1.54, 1.807) is 6.07 Å².